The topological polar surface area (TPSA) is 68.8 Å². The Morgan fingerprint density at radius 1 is 1.14 bits per heavy atom. The van der Waals surface area contributed by atoms with E-state index in [0.29, 0.717) is 6.42 Å². The Morgan fingerprint density at radius 2 is 1.43 bits per heavy atom. The van der Waals surface area contributed by atoms with Gasteiger partial charge in [-0.15, -0.1) is 0 Å². The van der Waals surface area contributed by atoms with Crippen LogP contribution in [-0.2, 0) is 4.79 Å². The maximum Gasteiger partial charge on any atom is 0.330 e. The molecule has 3 nitrogen and oxygen atoms in total. The number of rotatable bonds is 2. The average Bonchev–Trinajstić information content (AvgIpc) is 2.20. The van der Waals surface area contributed by atoms with Gasteiger partial charge in [-0.3, -0.25) is 0 Å². The van der Waals surface area contributed by atoms with Crippen molar-refractivity contribution in [2.75, 3.05) is 0 Å². The molecule has 0 aromatic heterocycles. The van der Waals surface area contributed by atoms with E-state index in [-0.39, 0.29) is 11.0 Å². The first-order valence-corrected chi connectivity index (χ1v) is 4.09. The fraction of sp³-hybridized carbons (Fsp3) is 0.182. The molecule has 3 N–H and O–H groups in total. The normalized spacial score (nSPS) is 7.50. The van der Waals surface area contributed by atoms with E-state index in [9.17, 15) is 4.79 Å². The molecule has 0 aliphatic carbocycles. The third-order valence-corrected chi connectivity index (χ3v) is 1.40. The first kappa shape index (κ1) is 14.9. The number of carboxylic acid groups (broad SMARTS) is 1. The second-order valence-electron chi connectivity index (χ2n) is 2.42. The van der Waals surface area contributed by atoms with E-state index in [0.717, 1.165) is 0 Å². The van der Waals surface area contributed by atoms with E-state index in [1.54, 1.807) is 6.92 Å². The Hall–Kier alpha value is -1.61. The zero-order chi connectivity index (χ0) is 10.1. The van der Waals surface area contributed by atoms with E-state index < -0.39 is 5.97 Å². The molecule has 78 valence electrons. The van der Waals surface area contributed by atoms with Crippen molar-refractivity contribution in [1.29, 1.82) is 0 Å². The number of hydrogen-bond donors (Lipinski definition) is 1. The van der Waals surface area contributed by atoms with Gasteiger partial charge in [0.2, 0.25) is 0 Å². The monoisotopic (exact) mass is 196 g/mol. The van der Waals surface area contributed by atoms with Gasteiger partial charge in [0.05, 0.1) is 0 Å². The Morgan fingerprint density at radius 3 is 1.50 bits per heavy atom. The van der Waals surface area contributed by atoms with E-state index >= 15 is 0 Å². The van der Waals surface area contributed by atoms with Crippen molar-refractivity contribution in [3.05, 3.63) is 48.6 Å². The zero-order valence-electron chi connectivity index (χ0n) is 8.23. The van der Waals surface area contributed by atoms with Crippen molar-refractivity contribution >= 4 is 5.97 Å². The van der Waals surface area contributed by atoms with Crippen LogP contribution in [0.4, 0.5) is 0 Å². The number of carbonyl (C=O) groups is 1. The molecule has 0 amide bonds. The average molecular weight is 196 g/mol. The quantitative estimate of drug-likeness (QED) is 0.734. The molecule has 0 atom stereocenters. The van der Waals surface area contributed by atoms with Crippen LogP contribution in [0.3, 0.4) is 0 Å². The van der Waals surface area contributed by atoms with Crippen molar-refractivity contribution in [2.24, 2.45) is 0 Å². The lowest BCUT2D eigenvalue weighted by Crippen LogP contribution is -1.95. The molecule has 1 aromatic carbocycles. The van der Waals surface area contributed by atoms with Crippen LogP contribution in [-0.4, -0.2) is 16.6 Å². The van der Waals surface area contributed by atoms with Gasteiger partial charge >= 0.3 is 5.97 Å². The minimum Gasteiger partial charge on any atom is -0.478 e. The molecule has 0 fully saturated rings. The van der Waals surface area contributed by atoms with Crippen molar-refractivity contribution in [3.63, 3.8) is 0 Å². The lowest BCUT2D eigenvalue weighted by Gasteiger charge is -1.87. The summed E-state index contributed by atoms with van der Waals surface area (Å²) in [6, 6.07) is 12.0. The molecule has 0 spiro atoms. The maximum atomic E-state index is 9.83. The van der Waals surface area contributed by atoms with Gasteiger partial charge < -0.3 is 10.6 Å². The SMILES string of the molecule is C=C(CC)C(=O)O.O.c1ccccc1. The highest BCUT2D eigenvalue weighted by atomic mass is 16.4. The Labute approximate surface area is 84.0 Å². The molecule has 0 unspecified atom stereocenters. The Bertz CT molecular complexity index is 228. The summed E-state index contributed by atoms with van der Waals surface area (Å²) in [6.07, 6.45) is 0.523. The predicted molar refractivity (Wildman–Crippen MR) is 57.1 cm³/mol. The molecular formula is C11H16O3. The van der Waals surface area contributed by atoms with Crippen LogP contribution in [0, 0.1) is 0 Å². The lowest BCUT2D eigenvalue weighted by molar-refractivity contribution is -0.132. The summed E-state index contributed by atoms with van der Waals surface area (Å²) in [5, 5.41) is 8.08. The molecule has 0 bridgehead atoms. The summed E-state index contributed by atoms with van der Waals surface area (Å²) in [6.45, 7) is 5.03. The second kappa shape index (κ2) is 9.48. The summed E-state index contributed by atoms with van der Waals surface area (Å²) in [4.78, 5) is 9.83. The van der Waals surface area contributed by atoms with Crippen LogP contribution in [0.5, 0.6) is 0 Å². The number of carboxylic acids is 1. The third-order valence-electron chi connectivity index (χ3n) is 1.40. The first-order chi connectivity index (χ1) is 6.18. The first-order valence-electron chi connectivity index (χ1n) is 4.09. The van der Waals surface area contributed by atoms with Crippen molar-refractivity contribution in [3.8, 4) is 0 Å². The van der Waals surface area contributed by atoms with Crippen molar-refractivity contribution in [1.82, 2.24) is 0 Å². The van der Waals surface area contributed by atoms with Gasteiger partial charge in [0.1, 0.15) is 0 Å². The fourth-order valence-corrected chi connectivity index (χ4v) is 0.536. The highest BCUT2D eigenvalue weighted by Gasteiger charge is 1.96. The van der Waals surface area contributed by atoms with Gasteiger partial charge in [-0.2, -0.15) is 0 Å². The molecule has 3 heteroatoms. The van der Waals surface area contributed by atoms with Crippen LogP contribution < -0.4 is 0 Å². The molecule has 0 heterocycles. The van der Waals surface area contributed by atoms with Crippen molar-refractivity contribution in [2.45, 2.75) is 13.3 Å². The summed E-state index contributed by atoms with van der Waals surface area (Å²) in [5.74, 6) is -0.900. The van der Waals surface area contributed by atoms with Gasteiger partial charge in [0, 0.05) is 5.57 Å². The third kappa shape index (κ3) is 8.49. The van der Waals surface area contributed by atoms with E-state index in [1.165, 1.54) is 0 Å². The number of hydrogen-bond acceptors (Lipinski definition) is 1. The summed E-state index contributed by atoms with van der Waals surface area (Å²) >= 11 is 0. The molecule has 0 saturated heterocycles. The molecule has 0 radical (unpaired) electrons. The molecule has 1 aromatic rings. The van der Waals surface area contributed by atoms with Crippen LogP contribution in [0.15, 0.2) is 48.6 Å². The van der Waals surface area contributed by atoms with E-state index in [1.807, 2.05) is 36.4 Å². The lowest BCUT2D eigenvalue weighted by atomic mass is 10.2. The summed E-state index contributed by atoms with van der Waals surface area (Å²) in [5.41, 5.74) is 0.264. The fourth-order valence-electron chi connectivity index (χ4n) is 0.536. The van der Waals surface area contributed by atoms with Crippen LogP contribution in [0.25, 0.3) is 0 Å². The Balaban J connectivity index is 0. The van der Waals surface area contributed by atoms with E-state index in [2.05, 4.69) is 6.58 Å². The molecular weight excluding hydrogens is 180 g/mol. The van der Waals surface area contributed by atoms with Gasteiger partial charge in [0.25, 0.3) is 0 Å². The van der Waals surface area contributed by atoms with Gasteiger partial charge in [-0.05, 0) is 6.42 Å². The second-order valence-corrected chi connectivity index (χ2v) is 2.42. The Kier molecular flexibility index (Phi) is 10.1. The van der Waals surface area contributed by atoms with Crippen molar-refractivity contribution < 1.29 is 15.4 Å². The zero-order valence-corrected chi connectivity index (χ0v) is 8.23. The minimum atomic E-state index is -0.900. The highest BCUT2D eigenvalue weighted by Crippen LogP contribution is 1.93. The molecule has 0 aliphatic rings. The van der Waals surface area contributed by atoms with Gasteiger partial charge in [-0.25, -0.2) is 4.79 Å². The summed E-state index contributed by atoms with van der Waals surface area (Å²) < 4.78 is 0. The van der Waals surface area contributed by atoms with Crippen LogP contribution in [0.1, 0.15) is 13.3 Å². The molecule has 0 aliphatic heterocycles. The highest BCUT2D eigenvalue weighted by molar-refractivity contribution is 5.85. The smallest absolute Gasteiger partial charge is 0.330 e. The number of benzene rings is 1. The van der Waals surface area contributed by atoms with Crippen LogP contribution >= 0.6 is 0 Å². The largest absolute Gasteiger partial charge is 0.478 e. The predicted octanol–water partition coefficient (Wildman–Crippen LogP) is 1.90. The summed E-state index contributed by atoms with van der Waals surface area (Å²) in [7, 11) is 0. The van der Waals surface area contributed by atoms with Gasteiger partial charge in [0.15, 0.2) is 0 Å². The van der Waals surface area contributed by atoms with E-state index in [4.69, 9.17) is 5.11 Å². The van der Waals surface area contributed by atoms with Crippen LogP contribution in [0.2, 0.25) is 0 Å². The molecule has 0 saturated carbocycles. The number of aliphatic carboxylic acids is 1. The van der Waals surface area contributed by atoms with Gasteiger partial charge in [-0.1, -0.05) is 49.9 Å². The maximum absolute atomic E-state index is 9.83. The molecule has 1 rings (SSSR count). The standard InChI is InChI=1S/C6H6.C5H8O2.H2O/c1-2-4-6-5-3-1;1-3-4(2)5(6)7;/h1-6H;2-3H2,1H3,(H,6,7);1H2. The minimum absolute atomic E-state index is 0. The molecule has 14 heavy (non-hydrogen) atoms.